The molecule has 1 unspecified atom stereocenters. The largest absolute Gasteiger partial charge is 0.484 e. The minimum absolute atomic E-state index is 0.0599. The summed E-state index contributed by atoms with van der Waals surface area (Å²) in [6, 6.07) is 13.1. The maximum Gasteiger partial charge on any atom is 0.170 e. The van der Waals surface area contributed by atoms with Gasteiger partial charge in [0, 0.05) is 12.1 Å². The number of Topliss-reactive ketones (excluding diaryl/α,β-unsaturated/α-hetero) is 1. The molecule has 1 heterocycles. The highest BCUT2D eigenvalue weighted by Crippen LogP contribution is 2.36. The van der Waals surface area contributed by atoms with Crippen LogP contribution in [0, 0.1) is 0 Å². The first-order chi connectivity index (χ1) is 10.2. The number of hydrogen-bond donors (Lipinski definition) is 0. The average molecular weight is 303 g/mol. The van der Waals surface area contributed by atoms with E-state index in [2.05, 4.69) is 0 Å². The Kier molecular flexibility index (Phi) is 3.95. The number of fused-ring (bicyclic) bond motifs is 1. The summed E-state index contributed by atoms with van der Waals surface area (Å²) in [5.41, 5.74) is 2.65. The first-order valence-electron chi connectivity index (χ1n) is 6.74. The minimum atomic E-state index is -0.247. The lowest BCUT2D eigenvalue weighted by Crippen LogP contribution is -2.20. The van der Waals surface area contributed by atoms with Crippen molar-refractivity contribution in [3.63, 3.8) is 0 Å². The van der Waals surface area contributed by atoms with Gasteiger partial charge in [-0.05, 0) is 29.3 Å². The summed E-state index contributed by atoms with van der Waals surface area (Å²) in [6.45, 7) is 0.575. The predicted molar refractivity (Wildman–Crippen MR) is 80.9 cm³/mol. The van der Waals surface area contributed by atoms with Gasteiger partial charge >= 0.3 is 0 Å². The Morgan fingerprint density at radius 3 is 2.71 bits per heavy atom. The molecule has 0 fully saturated rings. The van der Waals surface area contributed by atoms with E-state index in [0.29, 0.717) is 29.4 Å². The maximum absolute atomic E-state index is 12.2. The van der Waals surface area contributed by atoms with Gasteiger partial charge in [-0.3, -0.25) is 4.79 Å². The molecule has 0 aromatic heterocycles. The Labute approximate surface area is 128 Å². The monoisotopic (exact) mass is 302 g/mol. The molecule has 0 spiro atoms. The highest BCUT2D eigenvalue weighted by molar-refractivity contribution is 6.31. The molecule has 0 aliphatic carbocycles. The number of benzene rings is 2. The zero-order valence-electron chi connectivity index (χ0n) is 11.6. The van der Waals surface area contributed by atoms with Gasteiger partial charge in [-0.2, -0.15) is 0 Å². The molecule has 108 valence electrons. The standard InChI is InChI=1S/C17H15ClO3/c1-20-10-11-2-4-12(5-3-11)17-9-15(19)14-8-13(18)6-7-16(14)21-17/h2-8,17H,9-10H2,1H3. The van der Waals surface area contributed by atoms with E-state index in [1.54, 1.807) is 25.3 Å². The van der Waals surface area contributed by atoms with Crippen LogP contribution in [0.25, 0.3) is 0 Å². The lowest BCUT2D eigenvalue weighted by molar-refractivity contribution is 0.0850. The van der Waals surface area contributed by atoms with Crippen LogP contribution in [-0.4, -0.2) is 12.9 Å². The second-order valence-corrected chi connectivity index (χ2v) is 5.49. The van der Waals surface area contributed by atoms with Gasteiger partial charge in [-0.1, -0.05) is 35.9 Å². The van der Waals surface area contributed by atoms with Crippen LogP contribution in [0.2, 0.25) is 5.02 Å². The van der Waals surface area contributed by atoms with Crippen molar-refractivity contribution >= 4 is 17.4 Å². The number of hydrogen-bond acceptors (Lipinski definition) is 3. The third-order valence-electron chi connectivity index (χ3n) is 3.54. The SMILES string of the molecule is COCc1ccc(C2CC(=O)c3cc(Cl)ccc3O2)cc1. The summed E-state index contributed by atoms with van der Waals surface area (Å²) < 4.78 is 11.0. The molecule has 0 saturated carbocycles. The fraction of sp³-hybridized carbons (Fsp3) is 0.235. The molecule has 0 amide bonds. The van der Waals surface area contributed by atoms with E-state index in [1.165, 1.54) is 0 Å². The van der Waals surface area contributed by atoms with Crippen LogP contribution >= 0.6 is 11.6 Å². The Balaban J connectivity index is 1.85. The quantitative estimate of drug-likeness (QED) is 0.852. The Morgan fingerprint density at radius 1 is 1.24 bits per heavy atom. The summed E-state index contributed by atoms with van der Waals surface area (Å²) in [5, 5.41) is 0.549. The molecular weight excluding hydrogens is 288 g/mol. The molecule has 3 rings (SSSR count). The molecule has 1 atom stereocenters. The molecule has 21 heavy (non-hydrogen) atoms. The highest BCUT2D eigenvalue weighted by atomic mass is 35.5. The molecule has 0 saturated heterocycles. The van der Waals surface area contributed by atoms with Crippen LogP contribution in [0.4, 0.5) is 0 Å². The Hall–Kier alpha value is -1.84. The van der Waals surface area contributed by atoms with Gasteiger partial charge in [0.05, 0.1) is 18.6 Å². The number of ether oxygens (including phenoxy) is 2. The van der Waals surface area contributed by atoms with Crippen molar-refractivity contribution in [1.29, 1.82) is 0 Å². The van der Waals surface area contributed by atoms with E-state index in [1.807, 2.05) is 24.3 Å². The van der Waals surface area contributed by atoms with Crippen LogP contribution in [0.5, 0.6) is 5.75 Å². The topological polar surface area (TPSA) is 35.5 Å². The lowest BCUT2D eigenvalue weighted by atomic mass is 9.96. The van der Waals surface area contributed by atoms with Crippen LogP contribution < -0.4 is 4.74 Å². The van der Waals surface area contributed by atoms with E-state index in [4.69, 9.17) is 21.1 Å². The molecule has 2 aromatic rings. The molecule has 1 aliphatic heterocycles. The molecular formula is C17H15ClO3. The number of rotatable bonds is 3. The normalized spacial score (nSPS) is 17.2. The van der Waals surface area contributed by atoms with Crippen LogP contribution in [-0.2, 0) is 11.3 Å². The Bertz CT molecular complexity index is 664. The van der Waals surface area contributed by atoms with Gasteiger partial charge in [0.1, 0.15) is 11.9 Å². The molecule has 0 bridgehead atoms. The fourth-order valence-electron chi connectivity index (χ4n) is 2.48. The third-order valence-corrected chi connectivity index (χ3v) is 3.78. The minimum Gasteiger partial charge on any atom is -0.484 e. The molecule has 2 aromatic carbocycles. The van der Waals surface area contributed by atoms with E-state index < -0.39 is 0 Å². The first kappa shape index (κ1) is 14.1. The second-order valence-electron chi connectivity index (χ2n) is 5.05. The Morgan fingerprint density at radius 2 is 2.00 bits per heavy atom. The second kappa shape index (κ2) is 5.88. The van der Waals surface area contributed by atoms with Crippen molar-refractivity contribution in [2.75, 3.05) is 7.11 Å². The van der Waals surface area contributed by atoms with Gasteiger partial charge in [0.15, 0.2) is 5.78 Å². The summed E-state index contributed by atoms with van der Waals surface area (Å²) >= 11 is 5.92. The van der Waals surface area contributed by atoms with Crippen molar-refractivity contribution in [3.05, 3.63) is 64.2 Å². The summed E-state index contributed by atoms with van der Waals surface area (Å²) in [7, 11) is 1.67. The zero-order chi connectivity index (χ0) is 14.8. The zero-order valence-corrected chi connectivity index (χ0v) is 12.4. The van der Waals surface area contributed by atoms with E-state index in [9.17, 15) is 4.79 Å². The fourth-order valence-corrected chi connectivity index (χ4v) is 2.65. The van der Waals surface area contributed by atoms with Crippen LogP contribution in [0.15, 0.2) is 42.5 Å². The molecule has 1 aliphatic rings. The van der Waals surface area contributed by atoms with Gasteiger partial charge in [0.25, 0.3) is 0 Å². The third kappa shape index (κ3) is 2.94. The number of halogens is 1. The van der Waals surface area contributed by atoms with Crippen molar-refractivity contribution in [2.24, 2.45) is 0 Å². The van der Waals surface area contributed by atoms with Crippen LogP contribution in [0.1, 0.15) is 34.0 Å². The van der Waals surface area contributed by atoms with Crippen molar-refractivity contribution in [1.82, 2.24) is 0 Å². The van der Waals surface area contributed by atoms with Gasteiger partial charge in [0.2, 0.25) is 0 Å². The molecule has 0 radical (unpaired) electrons. The highest BCUT2D eigenvalue weighted by Gasteiger charge is 2.27. The van der Waals surface area contributed by atoms with Crippen molar-refractivity contribution in [3.8, 4) is 5.75 Å². The number of methoxy groups -OCH3 is 1. The van der Waals surface area contributed by atoms with E-state index in [0.717, 1.165) is 11.1 Å². The van der Waals surface area contributed by atoms with Crippen molar-refractivity contribution in [2.45, 2.75) is 19.1 Å². The first-order valence-corrected chi connectivity index (χ1v) is 7.12. The predicted octanol–water partition coefficient (Wildman–Crippen LogP) is 4.19. The van der Waals surface area contributed by atoms with Gasteiger partial charge in [-0.15, -0.1) is 0 Å². The molecule has 0 N–H and O–H groups in total. The maximum atomic E-state index is 12.2. The van der Waals surface area contributed by atoms with Crippen molar-refractivity contribution < 1.29 is 14.3 Å². The smallest absolute Gasteiger partial charge is 0.170 e. The van der Waals surface area contributed by atoms with Crippen LogP contribution in [0.3, 0.4) is 0 Å². The number of ketones is 1. The number of carbonyl (C=O) groups is 1. The van der Waals surface area contributed by atoms with E-state index >= 15 is 0 Å². The summed E-state index contributed by atoms with van der Waals surface area (Å²) in [5.74, 6) is 0.659. The molecule has 3 nitrogen and oxygen atoms in total. The van der Waals surface area contributed by atoms with E-state index in [-0.39, 0.29) is 11.9 Å². The van der Waals surface area contributed by atoms with Gasteiger partial charge < -0.3 is 9.47 Å². The van der Waals surface area contributed by atoms with Gasteiger partial charge in [-0.25, -0.2) is 0 Å². The summed E-state index contributed by atoms with van der Waals surface area (Å²) in [4.78, 5) is 12.2. The average Bonchev–Trinajstić information content (AvgIpc) is 2.49. The molecule has 4 heteroatoms. The lowest BCUT2D eigenvalue weighted by Gasteiger charge is -2.25. The number of carbonyl (C=O) groups excluding carboxylic acids is 1. The summed E-state index contributed by atoms with van der Waals surface area (Å²) in [6.07, 6.45) is 0.0829.